The monoisotopic (exact) mass is 328 g/mol. The van der Waals surface area contributed by atoms with Crippen LogP contribution in [0.4, 0.5) is 0 Å². The van der Waals surface area contributed by atoms with Crippen molar-refractivity contribution in [3.63, 3.8) is 0 Å². The number of sulfone groups is 1. The van der Waals surface area contributed by atoms with E-state index in [4.69, 9.17) is 4.42 Å². The van der Waals surface area contributed by atoms with E-state index in [-0.39, 0.29) is 23.6 Å². The maximum atomic E-state index is 11.6. The fourth-order valence-electron chi connectivity index (χ4n) is 3.41. The first kappa shape index (κ1) is 16.0. The van der Waals surface area contributed by atoms with Gasteiger partial charge in [-0.2, -0.15) is 0 Å². The lowest BCUT2D eigenvalue weighted by molar-refractivity contribution is 0.124. The summed E-state index contributed by atoms with van der Waals surface area (Å²) in [6.45, 7) is 2.64. The van der Waals surface area contributed by atoms with Crippen molar-refractivity contribution in [1.82, 2.24) is 10.2 Å². The molecule has 0 radical (unpaired) electrons. The molecule has 0 unspecified atom stereocenters. The van der Waals surface area contributed by atoms with E-state index in [1.165, 1.54) is 19.3 Å². The molecule has 2 N–H and O–H groups in total. The van der Waals surface area contributed by atoms with Gasteiger partial charge in [-0.3, -0.25) is 4.90 Å². The first-order chi connectivity index (χ1) is 10.6. The van der Waals surface area contributed by atoms with Crippen LogP contribution in [0.15, 0.2) is 22.8 Å². The summed E-state index contributed by atoms with van der Waals surface area (Å²) in [5.41, 5.74) is 0. The Kier molecular flexibility index (Phi) is 4.87. The van der Waals surface area contributed by atoms with Crippen molar-refractivity contribution in [2.24, 2.45) is 0 Å². The lowest BCUT2D eigenvalue weighted by Gasteiger charge is -2.34. The summed E-state index contributed by atoms with van der Waals surface area (Å²) in [4.78, 5) is 2.38. The number of piperidine rings is 1. The van der Waals surface area contributed by atoms with Gasteiger partial charge in [-0.1, -0.05) is 6.42 Å². The number of likely N-dealkylation sites (tertiary alicyclic amines) is 1. The van der Waals surface area contributed by atoms with Crippen molar-refractivity contribution >= 4 is 9.84 Å². The van der Waals surface area contributed by atoms with Crippen LogP contribution in [0.25, 0.3) is 0 Å². The van der Waals surface area contributed by atoms with Crippen LogP contribution < -0.4 is 5.32 Å². The minimum atomic E-state index is -3.12. The fraction of sp³-hybridized carbons (Fsp3) is 0.733. The molecule has 3 atom stereocenters. The van der Waals surface area contributed by atoms with Gasteiger partial charge in [-0.25, -0.2) is 8.42 Å². The van der Waals surface area contributed by atoms with Gasteiger partial charge in [0, 0.05) is 12.6 Å². The zero-order valence-electron chi connectivity index (χ0n) is 12.6. The van der Waals surface area contributed by atoms with Crippen molar-refractivity contribution in [3.05, 3.63) is 24.2 Å². The van der Waals surface area contributed by atoms with E-state index < -0.39 is 15.9 Å². The van der Waals surface area contributed by atoms with E-state index in [0.717, 1.165) is 18.8 Å². The minimum absolute atomic E-state index is 0.0129. The molecule has 22 heavy (non-hydrogen) atoms. The summed E-state index contributed by atoms with van der Waals surface area (Å²) < 4.78 is 28.8. The van der Waals surface area contributed by atoms with Gasteiger partial charge in [-0.05, 0) is 38.1 Å². The molecule has 0 bridgehead atoms. The smallest absolute Gasteiger partial charge is 0.154 e. The summed E-state index contributed by atoms with van der Waals surface area (Å²) >= 11 is 0. The van der Waals surface area contributed by atoms with Crippen LogP contribution in [-0.2, 0) is 9.84 Å². The average Bonchev–Trinajstić information content (AvgIpc) is 3.09. The van der Waals surface area contributed by atoms with Crippen LogP contribution in [0.5, 0.6) is 0 Å². The predicted octanol–water partition coefficient (Wildman–Crippen LogP) is 0.554. The molecule has 2 aliphatic rings. The van der Waals surface area contributed by atoms with Crippen molar-refractivity contribution in [2.75, 3.05) is 31.1 Å². The van der Waals surface area contributed by atoms with Gasteiger partial charge in [0.1, 0.15) is 5.76 Å². The second kappa shape index (κ2) is 6.70. The lowest BCUT2D eigenvalue weighted by atomic mass is 10.1. The zero-order valence-corrected chi connectivity index (χ0v) is 13.5. The molecule has 2 fully saturated rings. The fourth-order valence-corrected chi connectivity index (χ4v) is 5.18. The molecule has 0 spiro atoms. The molecule has 2 aliphatic heterocycles. The molecule has 1 aromatic rings. The van der Waals surface area contributed by atoms with Crippen LogP contribution in [0.1, 0.15) is 31.1 Å². The molecule has 1 aromatic heterocycles. The number of nitrogens with one attached hydrogen (secondary N) is 1. The minimum Gasteiger partial charge on any atom is -0.468 e. The van der Waals surface area contributed by atoms with Crippen LogP contribution in [0.2, 0.25) is 0 Å². The zero-order chi connectivity index (χ0) is 15.6. The number of hydrogen-bond acceptors (Lipinski definition) is 6. The summed E-state index contributed by atoms with van der Waals surface area (Å²) in [7, 11) is -3.12. The van der Waals surface area contributed by atoms with Gasteiger partial charge >= 0.3 is 0 Å². The molecule has 3 rings (SSSR count). The summed E-state index contributed by atoms with van der Waals surface area (Å²) in [5.74, 6) is 0.767. The highest BCUT2D eigenvalue weighted by Gasteiger charge is 2.37. The summed E-state index contributed by atoms with van der Waals surface area (Å²) in [6.07, 6.45) is 4.47. The van der Waals surface area contributed by atoms with Gasteiger partial charge in [-0.15, -0.1) is 0 Å². The number of aliphatic hydroxyl groups excluding tert-OH is 1. The van der Waals surface area contributed by atoms with E-state index in [9.17, 15) is 13.5 Å². The van der Waals surface area contributed by atoms with E-state index in [1.54, 1.807) is 6.26 Å². The number of aliphatic hydroxyl groups is 1. The Balaban J connectivity index is 1.65. The first-order valence-corrected chi connectivity index (χ1v) is 9.77. The Bertz CT molecular complexity index is 566. The summed E-state index contributed by atoms with van der Waals surface area (Å²) in [5, 5.41) is 13.1. The largest absolute Gasteiger partial charge is 0.468 e. The quantitative estimate of drug-likeness (QED) is 0.821. The third-order valence-corrected chi connectivity index (χ3v) is 6.32. The van der Waals surface area contributed by atoms with E-state index in [2.05, 4.69) is 10.2 Å². The lowest BCUT2D eigenvalue weighted by Crippen LogP contribution is -2.45. The Morgan fingerprint density at radius 2 is 2.09 bits per heavy atom. The Labute approximate surface area is 131 Å². The highest BCUT2D eigenvalue weighted by molar-refractivity contribution is 7.91. The molecule has 2 saturated heterocycles. The molecule has 3 heterocycles. The SMILES string of the molecule is O=S1(=O)C[C@H](O)[C@H](NC[C@@H](c2ccco2)N2CCCCC2)C1. The van der Waals surface area contributed by atoms with Crippen LogP contribution in [0, 0.1) is 0 Å². The normalized spacial score (nSPS) is 30.4. The highest BCUT2D eigenvalue weighted by Crippen LogP contribution is 2.25. The Morgan fingerprint density at radius 1 is 1.32 bits per heavy atom. The van der Waals surface area contributed by atoms with Crippen molar-refractivity contribution in [1.29, 1.82) is 0 Å². The second-order valence-corrected chi connectivity index (χ2v) is 8.44. The van der Waals surface area contributed by atoms with Gasteiger partial charge in [0.25, 0.3) is 0 Å². The molecule has 124 valence electrons. The van der Waals surface area contributed by atoms with Gasteiger partial charge in [0.05, 0.1) is 29.9 Å². The van der Waals surface area contributed by atoms with Gasteiger partial charge < -0.3 is 14.8 Å². The number of rotatable bonds is 5. The average molecular weight is 328 g/mol. The number of nitrogens with zero attached hydrogens (tertiary/aromatic N) is 1. The standard InChI is InChI=1S/C15H24N2O4S/c18-14-11-22(19,20)10-12(14)16-9-13(15-5-4-8-21-15)17-6-2-1-3-7-17/h4-5,8,12-14,16,18H,1-3,6-7,9-11H2/t12-,13+,14+/m1/s1. The predicted molar refractivity (Wildman–Crippen MR) is 83.3 cm³/mol. The van der Waals surface area contributed by atoms with Crippen LogP contribution in [0.3, 0.4) is 0 Å². The molecule has 0 aromatic carbocycles. The van der Waals surface area contributed by atoms with Gasteiger partial charge in [0.2, 0.25) is 0 Å². The van der Waals surface area contributed by atoms with Crippen molar-refractivity contribution in [2.45, 2.75) is 37.5 Å². The van der Waals surface area contributed by atoms with Crippen molar-refractivity contribution < 1.29 is 17.9 Å². The third kappa shape index (κ3) is 3.71. The number of furan rings is 1. The highest BCUT2D eigenvalue weighted by atomic mass is 32.2. The first-order valence-electron chi connectivity index (χ1n) is 7.94. The molecular weight excluding hydrogens is 304 g/mol. The van der Waals surface area contributed by atoms with Gasteiger partial charge in [0.15, 0.2) is 9.84 Å². The van der Waals surface area contributed by atoms with E-state index >= 15 is 0 Å². The molecule has 7 heteroatoms. The maximum absolute atomic E-state index is 11.6. The molecule has 0 saturated carbocycles. The van der Waals surface area contributed by atoms with E-state index in [0.29, 0.717) is 6.54 Å². The molecular formula is C15H24N2O4S. The Hall–Kier alpha value is -0.890. The number of hydrogen-bond donors (Lipinski definition) is 2. The molecule has 0 aliphatic carbocycles. The molecule has 0 amide bonds. The van der Waals surface area contributed by atoms with E-state index in [1.807, 2.05) is 12.1 Å². The topological polar surface area (TPSA) is 82.8 Å². The van der Waals surface area contributed by atoms with Crippen LogP contribution >= 0.6 is 0 Å². The third-order valence-electron chi connectivity index (χ3n) is 4.60. The van der Waals surface area contributed by atoms with Crippen molar-refractivity contribution in [3.8, 4) is 0 Å². The molecule has 6 nitrogen and oxygen atoms in total. The Morgan fingerprint density at radius 3 is 2.68 bits per heavy atom. The second-order valence-electron chi connectivity index (χ2n) is 6.29. The summed E-state index contributed by atoms with van der Waals surface area (Å²) in [6, 6.07) is 3.54. The van der Waals surface area contributed by atoms with Crippen LogP contribution in [-0.4, -0.2) is 61.7 Å². The maximum Gasteiger partial charge on any atom is 0.154 e.